The van der Waals surface area contributed by atoms with Crippen LogP contribution in [0.5, 0.6) is 0 Å². The second-order valence-corrected chi connectivity index (χ2v) is 20.2. The minimum absolute atomic E-state index is 0.514. The first kappa shape index (κ1) is 38.6. The van der Waals surface area contributed by atoms with Crippen molar-refractivity contribution in [3.8, 4) is 39.1 Å². The van der Waals surface area contributed by atoms with Gasteiger partial charge in [-0.05, 0) is 137 Å². The molecule has 1 aliphatic heterocycles. The molecule has 332 valence electrons. The van der Waals surface area contributed by atoms with E-state index in [4.69, 9.17) is 0 Å². The van der Waals surface area contributed by atoms with Crippen LogP contribution in [0.15, 0.2) is 255 Å². The second kappa shape index (κ2) is 13.8. The van der Waals surface area contributed by atoms with Crippen molar-refractivity contribution in [3.63, 3.8) is 0 Å². The van der Waals surface area contributed by atoms with Crippen LogP contribution in [0.25, 0.3) is 82.4 Å². The first-order valence-electron chi connectivity index (χ1n) is 25.3. The molecule has 12 aromatic carbocycles. The van der Waals surface area contributed by atoms with Gasteiger partial charge in [0.1, 0.15) is 0 Å². The minimum atomic E-state index is -0.597. The van der Waals surface area contributed by atoms with E-state index >= 15 is 0 Å². The highest BCUT2D eigenvalue weighted by Crippen LogP contribution is 2.66. The number of hydrogen-bond acceptors (Lipinski definition) is 1. The highest BCUT2D eigenvalue weighted by atomic mass is 15.1. The molecule has 0 fully saturated rings. The van der Waals surface area contributed by atoms with Crippen molar-refractivity contribution in [1.29, 1.82) is 0 Å². The largest absolute Gasteiger partial charge is 0.310 e. The lowest BCUT2D eigenvalue weighted by Crippen LogP contribution is -2.33. The van der Waals surface area contributed by atoms with Crippen LogP contribution in [-0.2, 0) is 10.8 Å². The Morgan fingerprint density at radius 3 is 1.53 bits per heavy atom. The fourth-order valence-corrected chi connectivity index (χ4v) is 14.5. The molecule has 2 heterocycles. The zero-order chi connectivity index (χ0) is 46.9. The Kier molecular flexibility index (Phi) is 7.37. The average molecular weight is 911 g/mol. The number of anilines is 3. The molecule has 17 rings (SSSR count). The van der Waals surface area contributed by atoms with Crippen LogP contribution in [-0.4, -0.2) is 4.57 Å². The Labute approximate surface area is 417 Å². The van der Waals surface area contributed by atoms with Crippen molar-refractivity contribution in [3.05, 3.63) is 299 Å². The van der Waals surface area contributed by atoms with Crippen molar-refractivity contribution in [1.82, 2.24) is 4.57 Å². The number of nitrogens with zero attached hydrogens (tertiary/aromatic N) is 2. The molecule has 2 spiro atoms. The van der Waals surface area contributed by atoms with Crippen LogP contribution in [0.2, 0.25) is 0 Å². The average Bonchev–Trinajstić information content (AvgIpc) is 4.15. The van der Waals surface area contributed by atoms with E-state index in [1.807, 2.05) is 0 Å². The molecular formula is C70H42N2. The molecule has 0 saturated carbocycles. The number of hydrogen-bond donors (Lipinski definition) is 0. The Morgan fingerprint density at radius 1 is 0.292 bits per heavy atom. The van der Waals surface area contributed by atoms with Gasteiger partial charge < -0.3 is 9.47 Å². The molecule has 1 aromatic heterocycles. The molecule has 2 heteroatoms. The van der Waals surface area contributed by atoms with E-state index in [1.165, 1.54) is 127 Å². The lowest BCUT2D eigenvalue weighted by atomic mass is 9.65. The number of benzene rings is 12. The minimum Gasteiger partial charge on any atom is -0.310 e. The molecule has 0 saturated heterocycles. The van der Waals surface area contributed by atoms with E-state index in [-0.39, 0.29) is 0 Å². The SMILES string of the molecule is c1ccc2c(c1)-c1ccccc1C21c2ccccc2-c2c1cc(N(c1ccc3c(c1)C1(c4ccccc4-3)c3ccccc3-n3c4ccccc4c4cccc1c43)c1ccc3ccccc3c1)c1ccccc21. The van der Waals surface area contributed by atoms with E-state index in [0.29, 0.717) is 0 Å². The van der Waals surface area contributed by atoms with Gasteiger partial charge in [0.2, 0.25) is 0 Å². The van der Waals surface area contributed by atoms with Gasteiger partial charge >= 0.3 is 0 Å². The van der Waals surface area contributed by atoms with Gasteiger partial charge in [0.25, 0.3) is 0 Å². The monoisotopic (exact) mass is 910 g/mol. The van der Waals surface area contributed by atoms with Gasteiger partial charge in [0.15, 0.2) is 0 Å². The number of fused-ring (bicyclic) bond motifs is 25. The van der Waals surface area contributed by atoms with Crippen molar-refractivity contribution < 1.29 is 0 Å². The van der Waals surface area contributed by atoms with E-state index < -0.39 is 10.8 Å². The van der Waals surface area contributed by atoms with E-state index in [9.17, 15) is 0 Å². The molecule has 3 aliphatic carbocycles. The summed E-state index contributed by atoms with van der Waals surface area (Å²) in [6.07, 6.45) is 0. The summed E-state index contributed by atoms with van der Waals surface area (Å²) in [5, 5.41) is 7.46. The van der Waals surface area contributed by atoms with Gasteiger partial charge in [0.05, 0.1) is 33.2 Å². The fraction of sp³-hybridized carbons (Fsp3) is 0.0286. The summed E-state index contributed by atoms with van der Waals surface area (Å²) in [6.45, 7) is 0. The van der Waals surface area contributed by atoms with Gasteiger partial charge in [-0.2, -0.15) is 0 Å². The first-order valence-corrected chi connectivity index (χ1v) is 25.3. The molecule has 72 heavy (non-hydrogen) atoms. The lowest BCUT2D eigenvalue weighted by Gasteiger charge is -2.40. The maximum Gasteiger partial charge on any atom is 0.0755 e. The lowest BCUT2D eigenvalue weighted by molar-refractivity contribution is 0.748. The standard InChI is InChI=1S/C70H42N2/c1-2-19-44-40-45(37-36-43(44)18-1)71(66-42-63-67(53-25-4-3-23-51(53)66)55-26-8-13-31-59(55)69(63)56-28-10-5-20-47(56)48-21-6-11-29-57(48)69)46-38-39-50-49-22-7-12-30-58(49)70(62(50)41-46)60-32-14-16-35-65(60)72-64-34-15-9-24-52(64)54-27-17-33-61(70)68(54)72/h1-42H. The maximum absolute atomic E-state index is 2.59. The fourth-order valence-electron chi connectivity index (χ4n) is 14.5. The third-order valence-corrected chi connectivity index (χ3v) is 17.1. The van der Waals surface area contributed by atoms with Gasteiger partial charge in [-0.25, -0.2) is 0 Å². The molecule has 0 radical (unpaired) electrons. The van der Waals surface area contributed by atoms with Crippen molar-refractivity contribution >= 4 is 60.4 Å². The highest BCUT2D eigenvalue weighted by Gasteiger charge is 2.53. The summed E-state index contributed by atoms with van der Waals surface area (Å²) in [5.41, 5.74) is 24.4. The summed E-state index contributed by atoms with van der Waals surface area (Å²) in [7, 11) is 0. The molecule has 13 aromatic rings. The summed E-state index contributed by atoms with van der Waals surface area (Å²) in [4.78, 5) is 2.59. The predicted molar refractivity (Wildman–Crippen MR) is 298 cm³/mol. The van der Waals surface area contributed by atoms with Crippen LogP contribution >= 0.6 is 0 Å². The number of aromatic nitrogens is 1. The normalized spacial score (nSPS) is 15.7. The van der Waals surface area contributed by atoms with Crippen molar-refractivity contribution in [2.75, 3.05) is 4.90 Å². The number of para-hydroxylation sites is 3. The summed E-state index contributed by atoms with van der Waals surface area (Å²) in [6, 6.07) is 96.8. The molecule has 2 nitrogen and oxygen atoms in total. The first-order chi connectivity index (χ1) is 35.7. The number of rotatable bonds is 3. The van der Waals surface area contributed by atoms with Crippen LogP contribution in [0.1, 0.15) is 44.5 Å². The molecule has 0 amide bonds. The van der Waals surface area contributed by atoms with Gasteiger partial charge in [-0.1, -0.05) is 212 Å². The van der Waals surface area contributed by atoms with Crippen molar-refractivity contribution in [2.24, 2.45) is 0 Å². The third kappa shape index (κ3) is 4.53. The predicted octanol–water partition coefficient (Wildman–Crippen LogP) is 17.6. The Morgan fingerprint density at radius 2 is 0.792 bits per heavy atom. The molecule has 0 bridgehead atoms. The van der Waals surface area contributed by atoms with Crippen LogP contribution in [0.3, 0.4) is 0 Å². The Balaban J connectivity index is 1.00. The summed E-state index contributed by atoms with van der Waals surface area (Å²) in [5.74, 6) is 0. The zero-order valence-corrected chi connectivity index (χ0v) is 39.1. The molecule has 0 N–H and O–H groups in total. The van der Waals surface area contributed by atoms with Crippen LogP contribution in [0, 0.1) is 0 Å². The van der Waals surface area contributed by atoms with Gasteiger partial charge in [0, 0.05) is 27.5 Å². The molecule has 4 aliphatic rings. The zero-order valence-electron chi connectivity index (χ0n) is 39.1. The maximum atomic E-state index is 2.59. The third-order valence-electron chi connectivity index (χ3n) is 17.1. The quantitative estimate of drug-likeness (QED) is 0.171. The van der Waals surface area contributed by atoms with Crippen LogP contribution in [0.4, 0.5) is 17.1 Å². The summed E-state index contributed by atoms with van der Waals surface area (Å²) < 4.78 is 2.54. The Hall–Kier alpha value is -9.24. The highest BCUT2D eigenvalue weighted by molar-refractivity contribution is 6.14. The van der Waals surface area contributed by atoms with E-state index in [0.717, 1.165) is 17.1 Å². The molecule has 1 atom stereocenters. The van der Waals surface area contributed by atoms with Gasteiger partial charge in [-0.15, -0.1) is 0 Å². The second-order valence-electron chi connectivity index (χ2n) is 20.2. The Bertz CT molecular complexity index is 4500. The summed E-state index contributed by atoms with van der Waals surface area (Å²) >= 11 is 0. The molecular weight excluding hydrogens is 869 g/mol. The topological polar surface area (TPSA) is 8.17 Å². The molecule has 1 unspecified atom stereocenters. The van der Waals surface area contributed by atoms with Gasteiger partial charge in [-0.3, -0.25) is 0 Å². The van der Waals surface area contributed by atoms with Crippen molar-refractivity contribution in [2.45, 2.75) is 10.8 Å². The van der Waals surface area contributed by atoms with E-state index in [1.54, 1.807) is 0 Å². The van der Waals surface area contributed by atoms with E-state index in [2.05, 4.69) is 264 Å². The van der Waals surface area contributed by atoms with Crippen LogP contribution < -0.4 is 4.90 Å². The smallest absolute Gasteiger partial charge is 0.0755 e.